The number of rotatable bonds is 5. The summed E-state index contributed by atoms with van der Waals surface area (Å²) in [5, 5.41) is 9.05. The molecule has 1 heterocycles. The molecule has 0 radical (unpaired) electrons. The maximum absolute atomic E-state index is 9.05. The minimum Gasteiger partial charge on any atom is -0.392 e. The molecule has 1 fully saturated rings. The van der Waals surface area contributed by atoms with Crippen molar-refractivity contribution in [1.29, 1.82) is 0 Å². The molecule has 3 nitrogen and oxygen atoms in total. The van der Waals surface area contributed by atoms with Gasteiger partial charge in [-0.2, -0.15) is 0 Å². The van der Waals surface area contributed by atoms with Crippen LogP contribution in [0.25, 0.3) is 0 Å². The molecule has 1 aliphatic rings. The molecule has 1 aliphatic heterocycles. The molecule has 3 heteroatoms. The second-order valence-corrected chi connectivity index (χ2v) is 5.56. The molecule has 0 amide bonds. The molecule has 1 saturated heterocycles. The zero-order valence-corrected chi connectivity index (χ0v) is 12.2. The van der Waals surface area contributed by atoms with E-state index in [1.165, 1.54) is 38.0 Å². The summed E-state index contributed by atoms with van der Waals surface area (Å²) in [6.07, 6.45) is 2.55. The van der Waals surface area contributed by atoms with Crippen molar-refractivity contribution in [3.05, 3.63) is 35.4 Å². The van der Waals surface area contributed by atoms with Gasteiger partial charge in [0.1, 0.15) is 0 Å². The van der Waals surface area contributed by atoms with Crippen LogP contribution in [0.2, 0.25) is 0 Å². The normalized spacial score (nSPS) is 18.1. The summed E-state index contributed by atoms with van der Waals surface area (Å²) in [6, 6.07) is 9.00. The Morgan fingerprint density at radius 2 is 1.74 bits per heavy atom. The Bertz CT molecular complexity index is 369. The van der Waals surface area contributed by atoms with E-state index in [-0.39, 0.29) is 6.61 Å². The van der Waals surface area contributed by atoms with Gasteiger partial charge in [-0.25, -0.2) is 0 Å². The Kier molecular flexibility index (Phi) is 5.37. The molecule has 1 aromatic carbocycles. The number of hydrogen-bond donors (Lipinski definition) is 1. The van der Waals surface area contributed by atoms with E-state index >= 15 is 0 Å². The maximum atomic E-state index is 9.05. The third-order valence-electron chi connectivity index (χ3n) is 4.27. The SMILES string of the molecule is CCN1CCC(N(C)Cc2ccc(CO)cc2)CC1. The van der Waals surface area contributed by atoms with Crippen molar-refractivity contribution >= 4 is 0 Å². The topological polar surface area (TPSA) is 26.7 Å². The zero-order valence-electron chi connectivity index (χ0n) is 12.2. The Morgan fingerprint density at radius 1 is 1.16 bits per heavy atom. The number of hydrogen-bond acceptors (Lipinski definition) is 3. The van der Waals surface area contributed by atoms with E-state index in [9.17, 15) is 0 Å². The second kappa shape index (κ2) is 7.04. The van der Waals surface area contributed by atoms with Crippen molar-refractivity contribution in [2.24, 2.45) is 0 Å². The van der Waals surface area contributed by atoms with Gasteiger partial charge in [-0.05, 0) is 50.7 Å². The molecule has 0 unspecified atom stereocenters. The molecule has 0 atom stereocenters. The highest BCUT2D eigenvalue weighted by molar-refractivity contribution is 5.21. The summed E-state index contributed by atoms with van der Waals surface area (Å²) in [5.41, 5.74) is 2.32. The van der Waals surface area contributed by atoms with Gasteiger partial charge in [-0.1, -0.05) is 31.2 Å². The minimum absolute atomic E-state index is 0.131. The zero-order chi connectivity index (χ0) is 13.7. The quantitative estimate of drug-likeness (QED) is 0.880. The predicted octanol–water partition coefficient (Wildman–Crippen LogP) is 2.09. The number of aliphatic hydroxyl groups excluding tert-OH is 1. The summed E-state index contributed by atoms with van der Waals surface area (Å²) in [4.78, 5) is 5.00. The largest absolute Gasteiger partial charge is 0.392 e. The lowest BCUT2D eigenvalue weighted by Gasteiger charge is -2.36. The van der Waals surface area contributed by atoms with Crippen molar-refractivity contribution in [2.45, 2.75) is 39.0 Å². The van der Waals surface area contributed by atoms with Crippen molar-refractivity contribution in [3.63, 3.8) is 0 Å². The average molecular weight is 262 g/mol. The van der Waals surface area contributed by atoms with Gasteiger partial charge in [0.2, 0.25) is 0 Å². The molecule has 0 bridgehead atoms. The van der Waals surface area contributed by atoms with Crippen LogP contribution in [0.1, 0.15) is 30.9 Å². The van der Waals surface area contributed by atoms with Crippen molar-refractivity contribution in [3.8, 4) is 0 Å². The van der Waals surface area contributed by atoms with Gasteiger partial charge in [0.15, 0.2) is 0 Å². The summed E-state index contributed by atoms with van der Waals surface area (Å²) in [7, 11) is 2.23. The van der Waals surface area contributed by atoms with Crippen LogP contribution < -0.4 is 0 Å². The molecule has 106 valence electrons. The van der Waals surface area contributed by atoms with Crippen LogP contribution >= 0.6 is 0 Å². The first kappa shape index (κ1) is 14.5. The summed E-state index contributed by atoms with van der Waals surface area (Å²) in [6.45, 7) is 7.02. The molecule has 1 aromatic rings. The van der Waals surface area contributed by atoms with E-state index in [1.807, 2.05) is 12.1 Å². The van der Waals surface area contributed by atoms with Crippen molar-refractivity contribution in [1.82, 2.24) is 9.80 Å². The Hall–Kier alpha value is -0.900. The molecule has 0 spiro atoms. The Labute approximate surface area is 116 Å². The lowest BCUT2D eigenvalue weighted by atomic mass is 10.0. The van der Waals surface area contributed by atoms with E-state index < -0.39 is 0 Å². The number of benzene rings is 1. The molecule has 0 aromatic heterocycles. The van der Waals surface area contributed by atoms with Crippen LogP contribution in [0.4, 0.5) is 0 Å². The van der Waals surface area contributed by atoms with Crippen LogP contribution in [0.15, 0.2) is 24.3 Å². The summed E-state index contributed by atoms with van der Waals surface area (Å²) >= 11 is 0. The van der Waals surface area contributed by atoms with Crippen molar-refractivity contribution in [2.75, 3.05) is 26.7 Å². The number of aliphatic hydroxyl groups is 1. The summed E-state index contributed by atoms with van der Waals surface area (Å²) in [5.74, 6) is 0. The molecule has 1 N–H and O–H groups in total. The molecular weight excluding hydrogens is 236 g/mol. The fourth-order valence-corrected chi connectivity index (χ4v) is 2.84. The van der Waals surface area contributed by atoms with Gasteiger partial charge in [-0.3, -0.25) is 4.90 Å². The van der Waals surface area contributed by atoms with Crippen LogP contribution in [-0.4, -0.2) is 47.6 Å². The van der Waals surface area contributed by atoms with Gasteiger partial charge < -0.3 is 10.0 Å². The lowest BCUT2D eigenvalue weighted by Crippen LogP contribution is -2.42. The van der Waals surface area contributed by atoms with Gasteiger partial charge in [0.05, 0.1) is 6.61 Å². The first-order chi connectivity index (χ1) is 9.22. The predicted molar refractivity (Wildman–Crippen MR) is 79.0 cm³/mol. The van der Waals surface area contributed by atoms with Gasteiger partial charge >= 0.3 is 0 Å². The highest BCUT2D eigenvalue weighted by Gasteiger charge is 2.21. The third kappa shape index (κ3) is 4.03. The standard InChI is InChI=1S/C16H26N2O/c1-3-18-10-8-16(9-11-18)17(2)12-14-4-6-15(13-19)7-5-14/h4-7,16,19H,3,8-13H2,1-2H3. The number of nitrogens with zero attached hydrogens (tertiary/aromatic N) is 2. The second-order valence-electron chi connectivity index (χ2n) is 5.56. The Balaban J connectivity index is 1.84. The fraction of sp³-hybridized carbons (Fsp3) is 0.625. The fourth-order valence-electron chi connectivity index (χ4n) is 2.84. The highest BCUT2D eigenvalue weighted by atomic mass is 16.3. The lowest BCUT2D eigenvalue weighted by molar-refractivity contribution is 0.127. The molecular formula is C16H26N2O. The molecule has 19 heavy (non-hydrogen) atoms. The Morgan fingerprint density at radius 3 is 2.26 bits per heavy atom. The number of piperidine rings is 1. The maximum Gasteiger partial charge on any atom is 0.0681 e. The van der Waals surface area contributed by atoms with E-state index in [1.54, 1.807) is 0 Å². The first-order valence-electron chi connectivity index (χ1n) is 7.34. The smallest absolute Gasteiger partial charge is 0.0681 e. The highest BCUT2D eigenvalue weighted by Crippen LogP contribution is 2.17. The minimum atomic E-state index is 0.131. The van der Waals surface area contributed by atoms with Crippen LogP contribution in [-0.2, 0) is 13.2 Å². The monoisotopic (exact) mass is 262 g/mol. The van der Waals surface area contributed by atoms with Crippen molar-refractivity contribution < 1.29 is 5.11 Å². The van der Waals surface area contributed by atoms with Gasteiger partial charge in [0, 0.05) is 12.6 Å². The van der Waals surface area contributed by atoms with E-state index in [4.69, 9.17) is 5.11 Å². The van der Waals surface area contributed by atoms with E-state index in [2.05, 4.69) is 35.9 Å². The molecule has 0 saturated carbocycles. The summed E-state index contributed by atoms with van der Waals surface area (Å²) < 4.78 is 0. The first-order valence-corrected chi connectivity index (χ1v) is 7.34. The van der Waals surface area contributed by atoms with Crippen LogP contribution in [0.5, 0.6) is 0 Å². The van der Waals surface area contributed by atoms with Gasteiger partial charge in [0.25, 0.3) is 0 Å². The van der Waals surface area contributed by atoms with E-state index in [0.717, 1.165) is 12.1 Å². The van der Waals surface area contributed by atoms with Gasteiger partial charge in [-0.15, -0.1) is 0 Å². The molecule has 2 rings (SSSR count). The van der Waals surface area contributed by atoms with E-state index in [0.29, 0.717) is 6.04 Å². The van der Waals surface area contributed by atoms with Crippen LogP contribution in [0, 0.1) is 0 Å². The third-order valence-corrected chi connectivity index (χ3v) is 4.27. The average Bonchev–Trinajstić information content (AvgIpc) is 2.48. The number of likely N-dealkylation sites (tertiary alicyclic amines) is 1. The van der Waals surface area contributed by atoms with Crippen LogP contribution in [0.3, 0.4) is 0 Å². The molecule has 0 aliphatic carbocycles.